The van der Waals surface area contributed by atoms with Crippen LogP contribution in [0.5, 0.6) is 0 Å². The lowest BCUT2D eigenvalue weighted by Gasteiger charge is -2.24. The first-order chi connectivity index (χ1) is 8.94. The fourth-order valence-electron chi connectivity index (χ4n) is 2.34. The average Bonchev–Trinajstić information content (AvgIpc) is 2.77. The molecule has 1 atom stereocenters. The first-order valence-corrected chi connectivity index (χ1v) is 6.81. The first-order valence-electron chi connectivity index (χ1n) is 6.81. The maximum Gasteiger partial charge on any atom is 0.410 e. The van der Waals surface area contributed by atoms with Gasteiger partial charge >= 0.3 is 6.09 Å². The van der Waals surface area contributed by atoms with Gasteiger partial charge < -0.3 is 9.64 Å². The second-order valence-corrected chi connectivity index (χ2v) is 6.14. The van der Waals surface area contributed by atoms with Crippen LogP contribution in [0.15, 0.2) is 24.5 Å². The Bertz CT molecular complexity index is 426. The molecule has 104 valence electrons. The van der Waals surface area contributed by atoms with Crippen molar-refractivity contribution in [2.75, 3.05) is 13.1 Å². The van der Waals surface area contributed by atoms with E-state index in [-0.39, 0.29) is 6.09 Å². The molecule has 1 aliphatic heterocycles. The topological polar surface area (TPSA) is 42.4 Å². The molecule has 1 amide bonds. The summed E-state index contributed by atoms with van der Waals surface area (Å²) in [6, 6.07) is 4.08. The van der Waals surface area contributed by atoms with Gasteiger partial charge in [0.25, 0.3) is 0 Å². The second kappa shape index (κ2) is 5.59. The lowest BCUT2D eigenvalue weighted by atomic mass is 10.00. The standard InChI is InChI=1S/C15H22N2O2/c1-15(2,3)19-14(18)17-9-6-13(11-17)10-12-4-7-16-8-5-12/h4-5,7-8,13H,6,9-11H2,1-3H3. The van der Waals surface area contributed by atoms with Crippen molar-refractivity contribution in [3.63, 3.8) is 0 Å². The van der Waals surface area contributed by atoms with Gasteiger partial charge in [-0.2, -0.15) is 0 Å². The SMILES string of the molecule is CC(C)(C)OC(=O)N1CCC(Cc2ccncc2)C1. The normalized spacial score (nSPS) is 19.5. The van der Waals surface area contributed by atoms with E-state index in [9.17, 15) is 4.79 Å². The van der Waals surface area contributed by atoms with Crippen LogP contribution in [0.3, 0.4) is 0 Å². The molecular formula is C15H22N2O2. The molecule has 0 aromatic carbocycles. The van der Waals surface area contributed by atoms with Crippen LogP contribution in [-0.4, -0.2) is 34.7 Å². The van der Waals surface area contributed by atoms with Crippen molar-refractivity contribution >= 4 is 6.09 Å². The van der Waals surface area contributed by atoms with E-state index in [0.29, 0.717) is 5.92 Å². The largest absolute Gasteiger partial charge is 0.444 e. The zero-order valence-electron chi connectivity index (χ0n) is 11.9. The molecule has 0 bridgehead atoms. The number of hydrogen-bond donors (Lipinski definition) is 0. The van der Waals surface area contributed by atoms with Crippen molar-refractivity contribution in [3.05, 3.63) is 30.1 Å². The number of ether oxygens (including phenoxy) is 1. The van der Waals surface area contributed by atoms with Gasteiger partial charge in [0, 0.05) is 25.5 Å². The summed E-state index contributed by atoms with van der Waals surface area (Å²) >= 11 is 0. The number of rotatable bonds is 2. The number of hydrogen-bond acceptors (Lipinski definition) is 3. The number of amides is 1. The summed E-state index contributed by atoms with van der Waals surface area (Å²) in [7, 11) is 0. The first kappa shape index (κ1) is 13.8. The number of carbonyl (C=O) groups excluding carboxylic acids is 1. The maximum absolute atomic E-state index is 12.0. The maximum atomic E-state index is 12.0. The molecule has 0 spiro atoms. The molecule has 4 heteroatoms. The fourth-order valence-corrected chi connectivity index (χ4v) is 2.34. The van der Waals surface area contributed by atoms with E-state index >= 15 is 0 Å². The van der Waals surface area contributed by atoms with Crippen LogP contribution in [0.2, 0.25) is 0 Å². The van der Waals surface area contributed by atoms with Crippen LogP contribution < -0.4 is 0 Å². The third kappa shape index (κ3) is 4.23. The number of pyridine rings is 1. The number of likely N-dealkylation sites (tertiary alicyclic amines) is 1. The summed E-state index contributed by atoms with van der Waals surface area (Å²) in [6.45, 7) is 7.28. The molecule has 1 fully saturated rings. The van der Waals surface area contributed by atoms with Crippen LogP contribution in [0, 0.1) is 5.92 Å². The minimum atomic E-state index is -0.416. The predicted molar refractivity (Wildman–Crippen MR) is 73.9 cm³/mol. The minimum Gasteiger partial charge on any atom is -0.444 e. The summed E-state index contributed by atoms with van der Waals surface area (Å²) in [5.74, 6) is 0.523. The number of aromatic nitrogens is 1. The molecule has 0 radical (unpaired) electrons. The van der Waals surface area contributed by atoms with Crippen LogP contribution in [-0.2, 0) is 11.2 Å². The molecule has 0 aliphatic carbocycles. The van der Waals surface area contributed by atoms with E-state index < -0.39 is 5.60 Å². The highest BCUT2D eigenvalue weighted by Gasteiger charge is 2.29. The van der Waals surface area contributed by atoms with E-state index in [1.54, 1.807) is 0 Å². The van der Waals surface area contributed by atoms with Crippen molar-refractivity contribution in [2.45, 2.75) is 39.2 Å². The van der Waals surface area contributed by atoms with Crippen molar-refractivity contribution in [1.29, 1.82) is 0 Å². The van der Waals surface area contributed by atoms with Gasteiger partial charge in [-0.15, -0.1) is 0 Å². The third-order valence-corrected chi connectivity index (χ3v) is 3.21. The third-order valence-electron chi connectivity index (χ3n) is 3.21. The second-order valence-electron chi connectivity index (χ2n) is 6.14. The molecule has 1 unspecified atom stereocenters. The Morgan fingerprint density at radius 2 is 2.11 bits per heavy atom. The van der Waals surface area contributed by atoms with Gasteiger partial charge in [0.05, 0.1) is 0 Å². The Kier molecular flexibility index (Phi) is 4.08. The Labute approximate surface area is 114 Å². The summed E-state index contributed by atoms with van der Waals surface area (Å²) in [5, 5.41) is 0. The number of carbonyl (C=O) groups is 1. The van der Waals surface area contributed by atoms with E-state index in [1.807, 2.05) is 50.2 Å². The molecule has 1 saturated heterocycles. The summed E-state index contributed by atoms with van der Waals surface area (Å²) in [4.78, 5) is 17.8. The number of nitrogens with zero attached hydrogens (tertiary/aromatic N) is 2. The van der Waals surface area contributed by atoms with Gasteiger partial charge in [-0.05, 0) is 57.2 Å². The van der Waals surface area contributed by atoms with E-state index in [4.69, 9.17) is 4.74 Å². The fraction of sp³-hybridized carbons (Fsp3) is 0.600. The van der Waals surface area contributed by atoms with Crippen molar-refractivity contribution in [1.82, 2.24) is 9.88 Å². The highest BCUT2D eigenvalue weighted by atomic mass is 16.6. The molecule has 1 aromatic rings. The van der Waals surface area contributed by atoms with Crippen LogP contribution in [0.4, 0.5) is 4.79 Å². The van der Waals surface area contributed by atoms with Crippen molar-refractivity contribution in [2.24, 2.45) is 5.92 Å². The Hall–Kier alpha value is -1.58. The molecule has 0 N–H and O–H groups in total. The molecular weight excluding hydrogens is 240 g/mol. The van der Waals surface area contributed by atoms with E-state index in [2.05, 4.69) is 4.98 Å². The summed E-state index contributed by atoms with van der Waals surface area (Å²) in [6.07, 6.45) is 5.49. The van der Waals surface area contributed by atoms with Gasteiger partial charge in [-0.25, -0.2) is 4.79 Å². The minimum absolute atomic E-state index is 0.190. The molecule has 2 rings (SSSR count). The van der Waals surface area contributed by atoms with Gasteiger partial charge in [0.2, 0.25) is 0 Å². The molecule has 1 aromatic heterocycles. The lowest BCUT2D eigenvalue weighted by molar-refractivity contribution is 0.0288. The van der Waals surface area contributed by atoms with Gasteiger partial charge in [-0.1, -0.05) is 0 Å². The molecule has 4 nitrogen and oxygen atoms in total. The van der Waals surface area contributed by atoms with Gasteiger partial charge in [0.1, 0.15) is 5.60 Å². The lowest BCUT2D eigenvalue weighted by Crippen LogP contribution is -2.35. The Morgan fingerprint density at radius 1 is 1.42 bits per heavy atom. The molecule has 1 aliphatic rings. The predicted octanol–water partition coefficient (Wildman–Crippen LogP) is 2.88. The van der Waals surface area contributed by atoms with E-state index in [1.165, 1.54) is 5.56 Å². The van der Waals surface area contributed by atoms with Gasteiger partial charge in [0.15, 0.2) is 0 Å². The Balaban J connectivity index is 1.85. The van der Waals surface area contributed by atoms with Gasteiger partial charge in [-0.3, -0.25) is 4.98 Å². The molecule has 0 saturated carbocycles. The zero-order chi connectivity index (χ0) is 13.9. The zero-order valence-corrected chi connectivity index (χ0v) is 11.9. The van der Waals surface area contributed by atoms with Crippen LogP contribution >= 0.6 is 0 Å². The van der Waals surface area contributed by atoms with Crippen molar-refractivity contribution in [3.8, 4) is 0 Å². The monoisotopic (exact) mass is 262 g/mol. The van der Waals surface area contributed by atoms with Crippen molar-refractivity contribution < 1.29 is 9.53 Å². The Morgan fingerprint density at radius 3 is 2.74 bits per heavy atom. The molecule has 19 heavy (non-hydrogen) atoms. The highest BCUT2D eigenvalue weighted by Crippen LogP contribution is 2.22. The smallest absolute Gasteiger partial charge is 0.410 e. The highest BCUT2D eigenvalue weighted by molar-refractivity contribution is 5.68. The molecule has 2 heterocycles. The summed E-state index contributed by atoms with van der Waals surface area (Å²) in [5.41, 5.74) is 0.867. The van der Waals surface area contributed by atoms with E-state index in [0.717, 1.165) is 25.9 Å². The van der Waals surface area contributed by atoms with Crippen LogP contribution in [0.25, 0.3) is 0 Å². The average molecular weight is 262 g/mol. The summed E-state index contributed by atoms with van der Waals surface area (Å²) < 4.78 is 5.40. The quantitative estimate of drug-likeness (QED) is 0.823. The van der Waals surface area contributed by atoms with Crippen LogP contribution in [0.1, 0.15) is 32.8 Å².